The van der Waals surface area contributed by atoms with Crippen LogP contribution in [0.2, 0.25) is 0 Å². The molecule has 0 radical (unpaired) electrons. The molecule has 1 aromatic heterocycles. The zero-order chi connectivity index (χ0) is 8.27. The van der Waals surface area contributed by atoms with Crippen LogP contribution in [0.3, 0.4) is 0 Å². The molecule has 0 aliphatic carbocycles. The highest BCUT2D eigenvalue weighted by molar-refractivity contribution is 5.04. The van der Waals surface area contributed by atoms with Gasteiger partial charge in [-0.1, -0.05) is 0 Å². The summed E-state index contributed by atoms with van der Waals surface area (Å²) >= 11 is 0. The number of rotatable bonds is 2. The van der Waals surface area contributed by atoms with Crippen molar-refractivity contribution in [2.24, 2.45) is 0 Å². The van der Waals surface area contributed by atoms with Crippen LogP contribution in [0.4, 0.5) is 4.39 Å². The van der Waals surface area contributed by atoms with E-state index >= 15 is 0 Å². The third kappa shape index (κ3) is 2.63. The van der Waals surface area contributed by atoms with Gasteiger partial charge in [-0.15, -0.1) is 0 Å². The van der Waals surface area contributed by atoms with Gasteiger partial charge in [-0.05, 0) is 26.2 Å². The molecule has 60 valence electrons. The van der Waals surface area contributed by atoms with Crippen LogP contribution < -0.4 is 0 Å². The molecule has 0 saturated heterocycles. The Balaban J connectivity index is 2.66. The molecule has 0 fully saturated rings. The lowest BCUT2D eigenvalue weighted by Gasteiger charge is -2.07. The van der Waals surface area contributed by atoms with Gasteiger partial charge in [-0.3, -0.25) is 4.98 Å². The molecule has 2 nitrogen and oxygen atoms in total. The largest absolute Gasteiger partial charge is 0.304 e. The van der Waals surface area contributed by atoms with Crippen LogP contribution in [0, 0.1) is 5.82 Å². The molecule has 11 heavy (non-hydrogen) atoms. The molecule has 0 atom stereocenters. The van der Waals surface area contributed by atoms with E-state index in [2.05, 4.69) is 4.98 Å². The third-order valence-corrected chi connectivity index (χ3v) is 1.27. The molecule has 0 unspecified atom stereocenters. The molecule has 1 aromatic rings. The number of hydrogen-bond donors (Lipinski definition) is 0. The highest BCUT2D eigenvalue weighted by Crippen LogP contribution is 1.99. The summed E-state index contributed by atoms with van der Waals surface area (Å²) in [6.07, 6.45) is 1.23. The van der Waals surface area contributed by atoms with Crippen LogP contribution in [0.25, 0.3) is 0 Å². The van der Waals surface area contributed by atoms with E-state index in [1.54, 1.807) is 6.07 Å². The second kappa shape index (κ2) is 3.44. The first-order chi connectivity index (χ1) is 5.18. The second-order valence-corrected chi connectivity index (χ2v) is 2.71. The van der Waals surface area contributed by atoms with Gasteiger partial charge in [0, 0.05) is 6.54 Å². The first kappa shape index (κ1) is 8.14. The Morgan fingerprint density at radius 1 is 1.45 bits per heavy atom. The molecule has 0 bridgehead atoms. The molecule has 1 rings (SSSR count). The summed E-state index contributed by atoms with van der Waals surface area (Å²) in [4.78, 5) is 5.89. The number of hydrogen-bond acceptors (Lipinski definition) is 2. The van der Waals surface area contributed by atoms with Crippen molar-refractivity contribution < 1.29 is 4.39 Å². The Hall–Kier alpha value is -0.960. The molecule has 0 aliphatic heterocycles. The van der Waals surface area contributed by atoms with E-state index in [9.17, 15) is 4.39 Å². The van der Waals surface area contributed by atoms with E-state index in [0.717, 1.165) is 12.2 Å². The minimum atomic E-state index is -0.285. The van der Waals surface area contributed by atoms with E-state index in [-0.39, 0.29) is 5.82 Å². The molecule has 0 aliphatic rings. The molecule has 0 aromatic carbocycles. The number of halogens is 1. The van der Waals surface area contributed by atoms with Crippen molar-refractivity contribution in [1.29, 1.82) is 0 Å². The molecule has 3 heteroatoms. The third-order valence-electron chi connectivity index (χ3n) is 1.27. The average Bonchev–Trinajstić information content (AvgIpc) is 1.93. The van der Waals surface area contributed by atoms with Gasteiger partial charge in [0.25, 0.3) is 0 Å². The van der Waals surface area contributed by atoms with Crippen LogP contribution in [0.15, 0.2) is 18.3 Å². The summed E-state index contributed by atoms with van der Waals surface area (Å²) in [6, 6.07) is 3.11. The number of aromatic nitrogens is 1. The van der Waals surface area contributed by atoms with Gasteiger partial charge >= 0.3 is 0 Å². The maximum Gasteiger partial charge on any atom is 0.141 e. The summed E-state index contributed by atoms with van der Waals surface area (Å²) in [5.41, 5.74) is 0.886. The summed E-state index contributed by atoms with van der Waals surface area (Å²) in [7, 11) is 3.90. The smallest absolute Gasteiger partial charge is 0.141 e. The predicted molar refractivity (Wildman–Crippen MR) is 41.6 cm³/mol. The van der Waals surface area contributed by atoms with Crippen molar-refractivity contribution in [3.8, 4) is 0 Å². The van der Waals surface area contributed by atoms with E-state index < -0.39 is 0 Å². The van der Waals surface area contributed by atoms with Crippen LogP contribution >= 0.6 is 0 Å². The van der Waals surface area contributed by atoms with Crippen molar-refractivity contribution in [2.45, 2.75) is 6.54 Å². The SMILES string of the molecule is CN(C)Cc1ccc(F)cn1. The quantitative estimate of drug-likeness (QED) is 0.638. The minimum Gasteiger partial charge on any atom is -0.304 e. The lowest BCUT2D eigenvalue weighted by molar-refractivity contribution is 0.396. The Bertz CT molecular complexity index is 218. The maximum absolute atomic E-state index is 12.3. The molecule has 0 spiro atoms. The molecular weight excluding hydrogens is 143 g/mol. The van der Waals surface area contributed by atoms with E-state index in [0.29, 0.717) is 0 Å². The first-order valence-electron chi connectivity index (χ1n) is 3.43. The first-order valence-corrected chi connectivity index (χ1v) is 3.43. The zero-order valence-corrected chi connectivity index (χ0v) is 6.71. The Kier molecular flexibility index (Phi) is 2.54. The van der Waals surface area contributed by atoms with Gasteiger partial charge in [0.15, 0.2) is 0 Å². The molecule has 1 heterocycles. The summed E-state index contributed by atoms with van der Waals surface area (Å²) in [6.45, 7) is 0.750. The lowest BCUT2D eigenvalue weighted by atomic mass is 10.3. The van der Waals surface area contributed by atoms with Crippen molar-refractivity contribution in [1.82, 2.24) is 9.88 Å². The van der Waals surface area contributed by atoms with Gasteiger partial charge in [0.05, 0.1) is 11.9 Å². The molecule has 0 N–H and O–H groups in total. The Labute approximate surface area is 65.7 Å². The fraction of sp³-hybridized carbons (Fsp3) is 0.375. The minimum absolute atomic E-state index is 0.285. The van der Waals surface area contributed by atoms with Gasteiger partial charge in [-0.25, -0.2) is 4.39 Å². The van der Waals surface area contributed by atoms with Gasteiger partial charge < -0.3 is 4.90 Å². The van der Waals surface area contributed by atoms with Gasteiger partial charge in [-0.2, -0.15) is 0 Å². The van der Waals surface area contributed by atoms with Crippen LogP contribution in [0.5, 0.6) is 0 Å². The van der Waals surface area contributed by atoms with Crippen LogP contribution in [0.1, 0.15) is 5.69 Å². The van der Waals surface area contributed by atoms with Gasteiger partial charge in [0.2, 0.25) is 0 Å². The van der Waals surface area contributed by atoms with Crippen LogP contribution in [-0.2, 0) is 6.54 Å². The monoisotopic (exact) mass is 154 g/mol. The predicted octanol–water partition coefficient (Wildman–Crippen LogP) is 1.28. The van der Waals surface area contributed by atoms with E-state index in [1.165, 1.54) is 12.3 Å². The molecular formula is C8H11FN2. The zero-order valence-electron chi connectivity index (χ0n) is 6.71. The van der Waals surface area contributed by atoms with Crippen LogP contribution in [-0.4, -0.2) is 24.0 Å². The van der Waals surface area contributed by atoms with E-state index in [4.69, 9.17) is 0 Å². The Morgan fingerprint density at radius 2 is 2.18 bits per heavy atom. The average molecular weight is 154 g/mol. The number of nitrogens with zero attached hydrogens (tertiary/aromatic N) is 2. The highest BCUT2D eigenvalue weighted by atomic mass is 19.1. The van der Waals surface area contributed by atoms with Crippen molar-refractivity contribution in [3.63, 3.8) is 0 Å². The highest BCUT2D eigenvalue weighted by Gasteiger charge is 1.95. The summed E-state index contributed by atoms with van der Waals surface area (Å²) < 4.78 is 12.3. The lowest BCUT2D eigenvalue weighted by Crippen LogP contribution is -2.11. The van der Waals surface area contributed by atoms with Crippen molar-refractivity contribution in [2.75, 3.05) is 14.1 Å². The fourth-order valence-corrected chi connectivity index (χ4v) is 0.824. The second-order valence-electron chi connectivity index (χ2n) is 2.71. The topological polar surface area (TPSA) is 16.1 Å². The summed E-state index contributed by atoms with van der Waals surface area (Å²) in [5.74, 6) is -0.285. The van der Waals surface area contributed by atoms with Crippen molar-refractivity contribution in [3.05, 3.63) is 29.8 Å². The standard InChI is InChI=1S/C8H11FN2/c1-11(2)6-8-4-3-7(9)5-10-8/h3-5H,6H2,1-2H3. The fourth-order valence-electron chi connectivity index (χ4n) is 0.824. The Morgan fingerprint density at radius 3 is 2.64 bits per heavy atom. The van der Waals surface area contributed by atoms with Gasteiger partial charge in [0.1, 0.15) is 5.82 Å². The molecule has 0 amide bonds. The molecule has 0 saturated carbocycles. The van der Waals surface area contributed by atoms with E-state index in [1.807, 2.05) is 19.0 Å². The summed E-state index contributed by atoms with van der Waals surface area (Å²) in [5, 5.41) is 0. The van der Waals surface area contributed by atoms with Crippen molar-refractivity contribution >= 4 is 0 Å². The normalized spacial score (nSPS) is 10.5. The number of pyridine rings is 1. The maximum atomic E-state index is 12.3.